The van der Waals surface area contributed by atoms with Gasteiger partial charge in [-0.3, -0.25) is 43.2 Å². The Morgan fingerprint density at radius 1 is 0.512 bits per heavy atom. The van der Waals surface area contributed by atoms with Crippen LogP contribution in [-0.2, 0) is 95.3 Å². The highest BCUT2D eigenvalue weighted by atomic mass is 16.7. The second kappa shape index (κ2) is 37.0. The number of hydrogen-bond donors (Lipinski definition) is 7. The zero-order valence-electron chi connectivity index (χ0n) is 49.9. The van der Waals surface area contributed by atoms with E-state index in [2.05, 4.69) is 39.5 Å². The molecule has 7 N–H and O–H groups in total. The van der Waals surface area contributed by atoms with Gasteiger partial charge in [-0.25, -0.2) is 4.99 Å². The smallest absolute Gasteiger partial charge is 0.310 e. The van der Waals surface area contributed by atoms with Crippen LogP contribution in [0, 0.1) is 35.5 Å². The van der Waals surface area contributed by atoms with E-state index in [-0.39, 0.29) is 117 Å². The second-order valence-corrected chi connectivity index (χ2v) is 20.7. The fraction of sp³-hybridized carbons (Fsp3) is 0.815. The molecule has 0 aromatic heterocycles. The minimum absolute atomic E-state index is 0. The number of carbonyl (C=O) groups is 9. The third kappa shape index (κ3) is 26.4. The molecule has 3 amide bonds. The third-order valence-electron chi connectivity index (χ3n) is 13.7. The van der Waals surface area contributed by atoms with Crippen molar-refractivity contribution in [2.45, 2.75) is 224 Å². The predicted molar refractivity (Wildman–Crippen MR) is 289 cm³/mol. The molecule has 5 rings (SSSR count). The van der Waals surface area contributed by atoms with Gasteiger partial charge in [-0.2, -0.15) is 0 Å². The lowest BCUT2D eigenvalue weighted by Crippen LogP contribution is -2.63. The summed E-state index contributed by atoms with van der Waals surface area (Å²) in [4.78, 5) is 101. The van der Waals surface area contributed by atoms with E-state index in [1.54, 1.807) is 0 Å². The first kappa shape index (κ1) is 76.5. The number of aliphatic hydroxyl groups is 4. The van der Waals surface area contributed by atoms with E-state index >= 15 is 0 Å². The second-order valence-electron chi connectivity index (χ2n) is 20.7. The Balaban J connectivity index is 0.00000103. The lowest BCUT2D eigenvalue weighted by Gasteiger charge is -2.44. The number of rotatable bonds is 13. The van der Waals surface area contributed by atoms with E-state index in [0.717, 1.165) is 0 Å². The molecule has 0 radical (unpaired) electrons. The summed E-state index contributed by atoms with van der Waals surface area (Å²) in [6.07, 6.45) is -7.76. The number of carbonyl (C=O) groups excluding carboxylic acids is 9. The minimum Gasteiger partial charge on any atom is -0.463 e. The minimum atomic E-state index is -1.45. The molecule has 4 saturated heterocycles. The molecular formula is C54H94N4O24. The fourth-order valence-electron chi connectivity index (χ4n) is 8.93. The van der Waals surface area contributed by atoms with E-state index in [1.165, 1.54) is 62.3 Å². The van der Waals surface area contributed by atoms with Crippen molar-refractivity contribution in [2.24, 2.45) is 40.5 Å². The number of aliphatic imine (C=N–C) groups is 1. The maximum absolute atomic E-state index is 11.4. The zero-order valence-corrected chi connectivity index (χ0v) is 49.9. The number of amides is 3. The van der Waals surface area contributed by atoms with Crippen LogP contribution in [0.1, 0.15) is 132 Å². The lowest BCUT2D eigenvalue weighted by molar-refractivity contribution is -0.254. The van der Waals surface area contributed by atoms with Crippen molar-refractivity contribution in [2.75, 3.05) is 26.4 Å². The van der Waals surface area contributed by atoms with Crippen LogP contribution in [0.5, 0.6) is 0 Å². The summed E-state index contributed by atoms with van der Waals surface area (Å²) in [6.45, 7) is 29.7. The van der Waals surface area contributed by atoms with Crippen LogP contribution in [-0.4, -0.2) is 198 Å². The van der Waals surface area contributed by atoms with Gasteiger partial charge < -0.3 is 88.5 Å². The Morgan fingerprint density at radius 2 is 0.902 bits per heavy atom. The highest BCUT2D eigenvalue weighted by Crippen LogP contribution is 2.37. The Bertz CT molecular complexity index is 2080. The average molecular weight is 1180 g/mol. The molecule has 0 aliphatic carbocycles. The maximum atomic E-state index is 11.4. The number of nitrogens with one attached hydrogen (secondary N) is 3. The van der Waals surface area contributed by atoms with Gasteiger partial charge in [-0.15, -0.1) is 0 Å². The first-order valence-corrected chi connectivity index (χ1v) is 26.7. The van der Waals surface area contributed by atoms with E-state index in [9.17, 15) is 58.5 Å². The van der Waals surface area contributed by atoms with Crippen molar-refractivity contribution in [3.8, 4) is 0 Å². The zero-order chi connectivity index (χ0) is 62.3. The molecular weight excluding hydrogens is 1090 g/mol. The molecule has 20 atom stereocenters. The Kier molecular flexibility index (Phi) is 34.5. The van der Waals surface area contributed by atoms with Crippen LogP contribution in [0.2, 0.25) is 0 Å². The predicted octanol–water partition coefficient (Wildman–Crippen LogP) is 1.11. The molecule has 0 bridgehead atoms. The summed E-state index contributed by atoms with van der Waals surface area (Å²) in [7, 11) is 0. The normalized spacial score (nSPS) is 33.2. The highest BCUT2D eigenvalue weighted by Gasteiger charge is 2.48. The topological polar surface area (TPSA) is 385 Å². The van der Waals surface area contributed by atoms with E-state index in [4.69, 9.17) is 52.5 Å². The SMILES string of the molecule is C.CC(=O)NC1C(O)OC(CO)C(O)C1O.CC(=O)NC1C(OC(C)=O)OC(COC(C)=O)C(C)C1C.CC(=O)NC1C(OC(C)C)OC(COC(C)=O)C(C)C1C.CC(=O)OC(C)=O.CC(=O)OCC1OC2OC(C)=NC2C(C)C1C. The summed E-state index contributed by atoms with van der Waals surface area (Å²) in [5.41, 5.74) is 0. The molecule has 474 valence electrons. The number of nitrogens with zero attached hydrogens (tertiary/aromatic N) is 1. The lowest BCUT2D eigenvalue weighted by atomic mass is 9.82. The standard InChI is InChI=1S/C15H27NO5.C14H23NO6.C12H19NO4.C8H15NO6.C4H6O3.CH4/c1-8(2)20-15-14(16-11(5)17)10(4)9(3)13(21-15)7-19-12(6)18;1-7-8(2)13(15-9(3)16)14(20-11(5)18)21-12(7)6-19-10(4)17;1-6-7(2)11-12(16-8(3)13-11)17-10(6)5-15-9(4)14;1-3(11)9-5-7(13)6(12)4(2-10)15-8(5)14;1-3(5)7-4(2)6;/h8-10,13-15H,7H2,1-6H3,(H,16,17);7-8,12-14H,6H2,1-5H3,(H,15,16);6-7,10-12H,5H2,1-4H3;4-8,10,12-14H,2H2,1H3,(H,9,11);1-2H3;1H4. The van der Waals surface area contributed by atoms with Crippen LogP contribution in [0.15, 0.2) is 4.99 Å². The third-order valence-corrected chi connectivity index (χ3v) is 13.7. The fourth-order valence-corrected chi connectivity index (χ4v) is 8.93. The van der Waals surface area contributed by atoms with Gasteiger partial charge >= 0.3 is 35.8 Å². The molecule has 5 heterocycles. The molecule has 5 aliphatic heterocycles. The van der Waals surface area contributed by atoms with Crippen molar-refractivity contribution in [3.05, 3.63) is 0 Å². The maximum Gasteiger partial charge on any atom is 0.310 e. The van der Waals surface area contributed by atoms with Crippen LogP contribution in [0.3, 0.4) is 0 Å². The van der Waals surface area contributed by atoms with Crippen LogP contribution in [0.4, 0.5) is 0 Å². The number of hydrogen-bond acceptors (Lipinski definition) is 25. The first-order valence-electron chi connectivity index (χ1n) is 26.7. The molecule has 28 heteroatoms. The van der Waals surface area contributed by atoms with Crippen LogP contribution >= 0.6 is 0 Å². The number of ether oxygens (including phenoxy) is 11. The Morgan fingerprint density at radius 3 is 1.27 bits per heavy atom. The Hall–Kier alpha value is -5.46. The average Bonchev–Trinajstić information content (AvgIpc) is 3.95. The summed E-state index contributed by atoms with van der Waals surface area (Å²) in [6, 6.07) is -1.68. The molecule has 0 aromatic rings. The molecule has 28 nitrogen and oxygen atoms in total. The molecule has 82 heavy (non-hydrogen) atoms. The largest absolute Gasteiger partial charge is 0.463 e. The van der Waals surface area contributed by atoms with Crippen molar-refractivity contribution >= 4 is 59.4 Å². The Labute approximate surface area is 481 Å². The van der Waals surface area contributed by atoms with Gasteiger partial charge in [-0.05, 0) is 49.4 Å². The number of aliphatic hydroxyl groups excluding tert-OH is 4. The molecule has 20 unspecified atom stereocenters. The van der Waals surface area contributed by atoms with Gasteiger partial charge in [0.1, 0.15) is 50.2 Å². The van der Waals surface area contributed by atoms with Crippen LogP contribution < -0.4 is 16.0 Å². The van der Waals surface area contributed by atoms with Gasteiger partial charge in [-0.1, -0.05) is 49.0 Å². The van der Waals surface area contributed by atoms with E-state index in [1.807, 2.05) is 48.5 Å². The molecule has 4 fully saturated rings. The van der Waals surface area contributed by atoms with Gasteiger partial charge in [0.05, 0.1) is 43.1 Å². The number of esters is 6. The summed E-state index contributed by atoms with van der Waals surface area (Å²) >= 11 is 0. The molecule has 0 spiro atoms. The van der Waals surface area contributed by atoms with Crippen molar-refractivity contribution in [1.29, 1.82) is 0 Å². The highest BCUT2D eigenvalue weighted by molar-refractivity contribution is 5.82. The molecule has 5 aliphatic rings. The van der Waals surface area contributed by atoms with Gasteiger partial charge in [0.15, 0.2) is 18.5 Å². The molecule has 0 saturated carbocycles. The van der Waals surface area contributed by atoms with Gasteiger partial charge in [0, 0.05) is 69.2 Å². The summed E-state index contributed by atoms with van der Waals surface area (Å²) in [5.74, 6) is -1.82. The van der Waals surface area contributed by atoms with Crippen molar-refractivity contribution in [1.82, 2.24) is 16.0 Å². The monoisotopic (exact) mass is 1180 g/mol. The van der Waals surface area contributed by atoms with Crippen molar-refractivity contribution in [3.63, 3.8) is 0 Å². The molecule has 0 aromatic carbocycles. The summed E-state index contributed by atoms with van der Waals surface area (Å²) < 4.78 is 57.7. The van der Waals surface area contributed by atoms with Crippen LogP contribution in [0.25, 0.3) is 0 Å². The van der Waals surface area contributed by atoms with Gasteiger partial charge in [0.2, 0.25) is 30.3 Å². The summed E-state index contributed by atoms with van der Waals surface area (Å²) in [5, 5.41) is 45.1. The van der Waals surface area contributed by atoms with E-state index in [0.29, 0.717) is 11.8 Å². The quantitative estimate of drug-likeness (QED) is 0.0771. The van der Waals surface area contributed by atoms with E-state index < -0.39 is 91.8 Å². The van der Waals surface area contributed by atoms with Gasteiger partial charge in [0.25, 0.3) is 0 Å². The number of fused-ring (bicyclic) bond motifs is 1. The first-order chi connectivity index (χ1) is 37.5. The van der Waals surface area contributed by atoms with Crippen molar-refractivity contribution < 1.29 is 116 Å².